The van der Waals surface area contributed by atoms with Gasteiger partial charge >= 0.3 is 0 Å². The van der Waals surface area contributed by atoms with Gasteiger partial charge in [0.1, 0.15) is 5.69 Å². The average molecular weight is 387 g/mol. The molecule has 2 aromatic heterocycles. The van der Waals surface area contributed by atoms with Gasteiger partial charge in [0.05, 0.1) is 17.1 Å². The lowest BCUT2D eigenvalue weighted by Crippen LogP contribution is -2.29. The minimum absolute atomic E-state index is 0.387. The van der Waals surface area contributed by atoms with Crippen LogP contribution in [0.3, 0.4) is 0 Å². The fourth-order valence-corrected chi connectivity index (χ4v) is 3.69. The van der Waals surface area contributed by atoms with E-state index in [0.717, 1.165) is 27.7 Å². The quantitative estimate of drug-likeness (QED) is 0.718. The number of likely N-dealkylation sites (tertiary alicyclic amines) is 1. The molecule has 1 aliphatic rings. The number of nitrogen functional groups attached to an aromatic ring is 1. The fourth-order valence-electron chi connectivity index (χ4n) is 3.46. The van der Waals surface area contributed by atoms with Crippen LogP contribution in [-0.2, 0) is 7.05 Å². The molecule has 7 heteroatoms. The first-order valence-electron chi connectivity index (χ1n) is 9.44. The van der Waals surface area contributed by atoms with E-state index in [1.165, 1.54) is 38.9 Å². The van der Waals surface area contributed by atoms with Crippen LogP contribution in [0.25, 0.3) is 22.2 Å². The van der Waals surface area contributed by atoms with Crippen molar-refractivity contribution in [3.05, 3.63) is 35.0 Å². The largest absolute Gasteiger partial charge is 0.382 e. The number of fused-ring (bicyclic) bond motifs is 1. The molecular formula is C20H27ClN6. The number of anilines is 1. The Balaban J connectivity index is 0.000000221. The van der Waals surface area contributed by atoms with Crippen molar-refractivity contribution in [1.82, 2.24) is 24.9 Å². The number of rotatable bonds is 2. The zero-order valence-electron chi connectivity index (χ0n) is 16.2. The van der Waals surface area contributed by atoms with Crippen LogP contribution < -0.4 is 5.73 Å². The van der Waals surface area contributed by atoms with Crippen LogP contribution >= 0.6 is 11.6 Å². The highest BCUT2D eigenvalue weighted by molar-refractivity contribution is 6.30. The molecule has 4 rings (SSSR count). The molecule has 27 heavy (non-hydrogen) atoms. The van der Waals surface area contributed by atoms with Crippen LogP contribution in [0.2, 0.25) is 5.02 Å². The Kier molecular flexibility index (Phi) is 6.29. The topological polar surface area (TPSA) is 72.9 Å². The summed E-state index contributed by atoms with van der Waals surface area (Å²) in [4.78, 5) is 2.52. The van der Waals surface area contributed by atoms with Crippen LogP contribution in [0.4, 0.5) is 5.82 Å². The summed E-state index contributed by atoms with van der Waals surface area (Å²) in [5.41, 5.74) is 9.48. The van der Waals surface area contributed by atoms with E-state index in [1.807, 2.05) is 32.2 Å². The predicted molar refractivity (Wildman–Crippen MR) is 112 cm³/mol. The maximum Gasteiger partial charge on any atom is 0.157 e. The number of hydrogen-bond donors (Lipinski definition) is 1. The number of halogens is 1. The molecule has 0 radical (unpaired) electrons. The van der Waals surface area contributed by atoms with Gasteiger partial charge in [0.15, 0.2) is 5.82 Å². The number of hydrogen-bond acceptors (Lipinski definition) is 5. The second kappa shape index (κ2) is 8.67. The molecule has 0 atom stereocenters. The lowest BCUT2D eigenvalue weighted by Gasteiger charge is -2.24. The minimum Gasteiger partial charge on any atom is -0.382 e. The first-order valence-corrected chi connectivity index (χ1v) is 9.81. The van der Waals surface area contributed by atoms with Crippen molar-refractivity contribution < 1.29 is 0 Å². The van der Waals surface area contributed by atoms with Crippen molar-refractivity contribution in [3.63, 3.8) is 0 Å². The van der Waals surface area contributed by atoms with Gasteiger partial charge in [-0.15, -0.1) is 10.2 Å². The highest BCUT2D eigenvalue weighted by Gasteiger charge is 2.15. The molecule has 0 spiro atoms. The van der Waals surface area contributed by atoms with Crippen molar-refractivity contribution in [1.29, 1.82) is 0 Å². The summed E-state index contributed by atoms with van der Waals surface area (Å²) in [5, 5.41) is 14.0. The molecule has 0 saturated carbocycles. The Morgan fingerprint density at radius 3 is 2.52 bits per heavy atom. The van der Waals surface area contributed by atoms with Gasteiger partial charge in [0.2, 0.25) is 0 Å². The smallest absolute Gasteiger partial charge is 0.157 e. The lowest BCUT2D eigenvalue weighted by atomic mass is 10.0. The summed E-state index contributed by atoms with van der Waals surface area (Å²) >= 11 is 5.98. The highest BCUT2D eigenvalue weighted by atomic mass is 35.5. The van der Waals surface area contributed by atoms with E-state index in [4.69, 9.17) is 17.3 Å². The predicted octanol–water partition coefficient (Wildman–Crippen LogP) is 4.07. The zero-order chi connectivity index (χ0) is 19.4. The summed E-state index contributed by atoms with van der Waals surface area (Å²) in [6.45, 7) is 8.17. The lowest BCUT2D eigenvalue weighted by molar-refractivity contribution is 0.240. The summed E-state index contributed by atoms with van der Waals surface area (Å²) in [5.74, 6) is 0.387. The number of aryl methyl sites for hydroxylation is 2. The van der Waals surface area contributed by atoms with Crippen LogP contribution in [0.15, 0.2) is 24.4 Å². The van der Waals surface area contributed by atoms with Crippen LogP contribution in [-0.4, -0.2) is 44.5 Å². The number of benzene rings is 1. The summed E-state index contributed by atoms with van der Waals surface area (Å²) in [6, 6.07) is 5.67. The third-order valence-electron chi connectivity index (χ3n) is 5.04. The van der Waals surface area contributed by atoms with Gasteiger partial charge < -0.3 is 10.6 Å². The monoisotopic (exact) mass is 386 g/mol. The number of nitrogens with two attached hydrogens (primary N) is 1. The van der Waals surface area contributed by atoms with Crippen LogP contribution in [0.5, 0.6) is 0 Å². The van der Waals surface area contributed by atoms with Gasteiger partial charge in [-0.25, -0.2) is 0 Å². The van der Waals surface area contributed by atoms with Crippen molar-refractivity contribution in [3.8, 4) is 11.3 Å². The third-order valence-corrected chi connectivity index (χ3v) is 5.27. The Morgan fingerprint density at radius 1 is 1.15 bits per heavy atom. The molecule has 6 nitrogen and oxygen atoms in total. The van der Waals surface area contributed by atoms with Crippen molar-refractivity contribution in [2.24, 2.45) is 7.05 Å². The van der Waals surface area contributed by atoms with Crippen molar-refractivity contribution in [2.45, 2.75) is 33.1 Å². The first kappa shape index (κ1) is 19.6. The first-order chi connectivity index (χ1) is 13.0. The Labute approximate surface area is 165 Å². The summed E-state index contributed by atoms with van der Waals surface area (Å²) < 4.78 is 1.75. The Bertz CT molecular complexity index is 914. The third kappa shape index (κ3) is 4.39. The van der Waals surface area contributed by atoms with Gasteiger partial charge in [0, 0.05) is 17.6 Å². The van der Waals surface area contributed by atoms with Gasteiger partial charge in [-0.05, 0) is 57.1 Å². The van der Waals surface area contributed by atoms with Gasteiger partial charge in [0.25, 0.3) is 0 Å². The summed E-state index contributed by atoms with van der Waals surface area (Å²) in [7, 11) is 1.86. The molecule has 1 aliphatic heterocycles. The van der Waals surface area contributed by atoms with E-state index in [-0.39, 0.29) is 0 Å². The average Bonchev–Trinajstić information content (AvgIpc) is 3.07. The highest BCUT2D eigenvalue weighted by Crippen LogP contribution is 2.31. The number of aromatic nitrogens is 4. The molecule has 0 bridgehead atoms. The number of piperidine rings is 1. The standard InChI is InChI=1S/C13H12ClN5.C7H15N/c1-7-5-8(14)3-4-9(7)11-12-10(6-16-19(12)2)13(15)18-17-11;1-2-8-6-4-3-5-7-8/h3-6H,1-2H3,(H2,15,18);2-7H2,1H3. The Morgan fingerprint density at radius 2 is 1.89 bits per heavy atom. The molecule has 144 valence electrons. The van der Waals surface area contributed by atoms with E-state index in [1.54, 1.807) is 10.9 Å². The van der Waals surface area contributed by atoms with Crippen molar-refractivity contribution in [2.75, 3.05) is 25.4 Å². The van der Waals surface area contributed by atoms with Crippen LogP contribution in [0.1, 0.15) is 31.7 Å². The molecule has 1 saturated heterocycles. The van der Waals surface area contributed by atoms with Gasteiger partial charge in [-0.2, -0.15) is 5.10 Å². The maximum atomic E-state index is 5.98. The van der Waals surface area contributed by atoms with E-state index in [9.17, 15) is 0 Å². The van der Waals surface area contributed by atoms with E-state index in [2.05, 4.69) is 27.1 Å². The summed E-state index contributed by atoms with van der Waals surface area (Å²) in [6.07, 6.45) is 6.01. The molecular weight excluding hydrogens is 360 g/mol. The molecule has 3 heterocycles. The van der Waals surface area contributed by atoms with Gasteiger partial charge in [-0.3, -0.25) is 4.68 Å². The van der Waals surface area contributed by atoms with E-state index < -0.39 is 0 Å². The molecule has 0 amide bonds. The molecule has 1 fully saturated rings. The van der Waals surface area contributed by atoms with E-state index >= 15 is 0 Å². The maximum absolute atomic E-state index is 5.98. The number of nitrogens with zero attached hydrogens (tertiary/aromatic N) is 5. The second-order valence-corrected chi connectivity index (χ2v) is 7.35. The van der Waals surface area contributed by atoms with E-state index in [0.29, 0.717) is 10.8 Å². The molecule has 3 aromatic rings. The molecule has 0 unspecified atom stereocenters. The normalized spacial score (nSPS) is 14.8. The SMILES string of the molecule is CCN1CCCCC1.Cc1cc(Cl)ccc1-c1nnc(N)c2cnn(C)c12. The van der Waals surface area contributed by atoms with Gasteiger partial charge in [-0.1, -0.05) is 31.0 Å². The fraction of sp³-hybridized carbons (Fsp3) is 0.450. The van der Waals surface area contributed by atoms with Crippen LogP contribution in [0, 0.1) is 6.92 Å². The van der Waals surface area contributed by atoms with Crippen molar-refractivity contribution >= 4 is 28.3 Å². The zero-order valence-corrected chi connectivity index (χ0v) is 17.0. The molecule has 1 aromatic carbocycles. The molecule has 2 N–H and O–H groups in total. The Hall–Kier alpha value is -2.18. The minimum atomic E-state index is 0.387. The second-order valence-electron chi connectivity index (χ2n) is 6.92. The molecule has 0 aliphatic carbocycles.